The maximum atomic E-state index is 5.26. The van der Waals surface area contributed by atoms with Crippen LogP contribution in [0.5, 0.6) is 5.75 Å². The number of allylic oxidation sites excluding steroid dienone is 2. The number of methoxy groups -OCH3 is 1. The molecule has 1 rings (SSSR count). The summed E-state index contributed by atoms with van der Waals surface area (Å²) in [6.07, 6.45) is 6.83. The van der Waals surface area contributed by atoms with E-state index in [1.165, 1.54) is 11.1 Å². The first kappa shape index (κ1) is 10.6. The van der Waals surface area contributed by atoms with Gasteiger partial charge in [-0.2, -0.15) is 0 Å². The Kier molecular flexibility index (Phi) is 3.99. The molecule has 0 saturated heterocycles. The van der Waals surface area contributed by atoms with Gasteiger partial charge in [-0.25, -0.2) is 0 Å². The predicted molar refractivity (Wildman–Crippen MR) is 61.6 cm³/mol. The molecule has 1 aromatic carbocycles. The highest BCUT2D eigenvalue weighted by atomic mass is 16.5. The summed E-state index contributed by atoms with van der Waals surface area (Å²) in [5.74, 6) is 0.929. The van der Waals surface area contributed by atoms with Crippen LogP contribution < -0.4 is 4.74 Å². The van der Waals surface area contributed by atoms with Crippen molar-refractivity contribution in [3.05, 3.63) is 48.1 Å². The molecule has 0 fully saturated rings. The second kappa shape index (κ2) is 5.28. The van der Waals surface area contributed by atoms with E-state index >= 15 is 0 Å². The number of hydrogen-bond acceptors (Lipinski definition) is 1. The van der Waals surface area contributed by atoms with Crippen molar-refractivity contribution in [2.24, 2.45) is 0 Å². The van der Waals surface area contributed by atoms with Crippen molar-refractivity contribution in [3.63, 3.8) is 0 Å². The maximum absolute atomic E-state index is 5.26. The molecule has 1 aromatic rings. The smallest absolute Gasteiger partial charge is 0.122 e. The molecule has 1 nitrogen and oxygen atoms in total. The molecule has 0 bridgehead atoms. The Balaban J connectivity index is 3.06. The van der Waals surface area contributed by atoms with Crippen molar-refractivity contribution in [2.45, 2.75) is 13.3 Å². The molecule has 1 heteroatoms. The van der Waals surface area contributed by atoms with Crippen molar-refractivity contribution in [3.8, 4) is 5.75 Å². The molecule has 0 amide bonds. The molecule has 0 spiro atoms. The fourth-order valence-corrected chi connectivity index (χ4v) is 1.41. The van der Waals surface area contributed by atoms with Crippen LogP contribution in [0.25, 0.3) is 6.08 Å². The lowest BCUT2D eigenvalue weighted by molar-refractivity contribution is 0.410. The van der Waals surface area contributed by atoms with Gasteiger partial charge in [0.2, 0.25) is 0 Å². The van der Waals surface area contributed by atoms with E-state index in [1.807, 2.05) is 31.2 Å². The van der Waals surface area contributed by atoms with Crippen LogP contribution in [0, 0.1) is 0 Å². The van der Waals surface area contributed by atoms with E-state index in [4.69, 9.17) is 4.74 Å². The zero-order chi connectivity index (χ0) is 10.4. The van der Waals surface area contributed by atoms with Crippen LogP contribution in [-0.2, 0) is 6.42 Å². The third kappa shape index (κ3) is 2.49. The summed E-state index contributed by atoms with van der Waals surface area (Å²) in [6, 6.07) is 6.17. The maximum Gasteiger partial charge on any atom is 0.122 e. The Bertz CT molecular complexity index is 337. The highest BCUT2D eigenvalue weighted by Gasteiger charge is 2.00. The molecule has 0 heterocycles. The average molecular weight is 188 g/mol. The normalized spacial score (nSPS) is 10.4. The predicted octanol–water partition coefficient (Wildman–Crippen LogP) is 3.46. The third-order valence-electron chi connectivity index (χ3n) is 2.03. The van der Waals surface area contributed by atoms with Crippen LogP contribution in [0.15, 0.2) is 36.9 Å². The fraction of sp³-hybridized carbons (Fsp3) is 0.231. The largest absolute Gasteiger partial charge is 0.496 e. The Morgan fingerprint density at radius 2 is 2.21 bits per heavy atom. The summed E-state index contributed by atoms with van der Waals surface area (Å²) in [4.78, 5) is 0. The van der Waals surface area contributed by atoms with Crippen LogP contribution in [-0.4, -0.2) is 7.11 Å². The van der Waals surface area contributed by atoms with Gasteiger partial charge in [0.1, 0.15) is 5.75 Å². The molecule has 0 saturated carbocycles. The van der Waals surface area contributed by atoms with Crippen molar-refractivity contribution < 1.29 is 4.74 Å². The summed E-state index contributed by atoms with van der Waals surface area (Å²) in [7, 11) is 1.69. The highest BCUT2D eigenvalue weighted by molar-refractivity contribution is 5.53. The molecule has 0 aliphatic heterocycles. The summed E-state index contributed by atoms with van der Waals surface area (Å²) in [5.41, 5.74) is 2.38. The molecule has 0 N–H and O–H groups in total. The van der Waals surface area contributed by atoms with Gasteiger partial charge in [0.05, 0.1) is 7.11 Å². The molecule has 0 unspecified atom stereocenters. The average Bonchev–Trinajstić information content (AvgIpc) is 2.19. The minimum Gasteiger partial charge on any atom is -0.496 e. The third-order valence-corrected chi connectivity index (χ3v) is 2.03. The Hall–Kier alpha value is -1.50. The first-order chi connectivity index (χ1) is 6.81. The SMILES string of the molecule is C=CCc1cc(C=CC)ccc1OC. The van der Waals surface area contributed by atoms with Crippen LogP contribution in [0.4, 0.5) is 0 Å². The second-order valence-electron chi connectivity index (χ2n) is 3.06. The number of benzene rings is 1. The fourth-order valence-electron chi connectivity index (χ4n) is 1.41. The molecule has 74 valence electrons. The molecule has 0 aliphatic rings. The molecular weight excluding hydrogens is 172 g/mol. The molecule has 0 aliphatic carbocycles. The summed E-state index contributed by atoms with van der Waals surface area (Å²) in [6.45, 7) is 5.74. The van der Waals surface area contributed by atoms with E-state index in [9.17, 15) is 0 Å². The first-order valence-corrected chi connectivity index (χ1v) is 4.72. The topological polar surface area (TPSA) is 9.23 Å². The van der Waals surface area contributed by atoms with Gasteiger partial charge in [0.25, 0.3) is 0 Å². The minimum absolute atomic E-state index is 0.842. The van der Waals surface area contributed by atoms with Gasteiger partial charge in [-0.1, -0.05) is 24.3 Å². The molecule has 0 aromatic heterocycles. The van der Waals surface area contributed by atoms with Gasteiger partial charge >= 0.3 is 0 Å². The van der Waals surface area contributed by atoms with E-state index in [1.54, 1.807) is 7.11 Å². The monoisotopic (exact) mass is 188 g/mol. The molecular formula is C13H16O. The lowest BCUT2D eigenvalue weighted by Gasteiger charge is -2.07. The van der Waals surface area contributed by atoms with E-state index < -0.39 is 0 Å². The van der Waals surface area contributed by atoms with Crippen molar-refractivity contribution in [2.75, 3.05) is 7.11 Å². The van der Waals surface area contributed by atoms with Gasteiger partial charge in [-0.05, 0) is 36.6 Å². The highest BCUT2D eigenvalue weighted by Crippen LogP contribution is 2.21. The first-order valence-electron chi connectivity index (χ1n) is 4.72. The number of ether oxygens (including phenoxy) is 1. The molecule has 14 heavy (non-hydrogen) atoms. The number of rotatable bonds is 4. The Morgan fingerprint density at radius 1 is 1.43 bits per heavy atom. The van der Waals surface area contributed by atoms with Gasteiger partial charge in [0, 0.05) is 0 Å². The van der Waals surface area contributed by atoms with Crippen molar-refractivity contribution in [1.29, 1.82) is 0 Å². The molecule has 0 radical (unpaired) electrons. The van der Waals surface area contributed by atoms with Crippen molar-refractivity contribution in [1.82, 2.24) is 0 Å². The number of hydrogen-bond donors (Lipinski definition) is 0. The molecule has 0 atom stereocenters. The van der Waals surface area contributed by atoms with E-state index in [2.05, 4.69) is 18.7 Å². The van der Waals surface area contributed by atoms with Gasteiger partial charge in [-0.15, -0.1) is 6.58 Å². The van der Waals surface area contributed by atoms with Crippen molar-refractivity contribution >= 4 is 6.08 Å². The zero-order valence-electron chi connectivity index (χ0n) is 8.79. The van der Waals surface area contributed by atoms with Gasteiger partial charge in [0.15, 0.2) is 0 Å². The summed E-state index contributed by atoms with van der Waals surface area (Å²) in [5, 5.41) is 0. The van der Waals surface area contributed by atoms with Crippen LogP contribution >= 0.6 is 0 Å². The van der Waals surface area contributed by atoms with Gasteiger partial charge < -0.3 is 4.74 Å². The minimum atomic E-state index is 0.842. The summed E-state index contributed by atoms with van der Waals surface area (Å²) < 4.78 is 5.26. The quantitative estimate of drug-likeness (QED) is 0.657. The van der Waals surface area contributed by atoms with Gasteiger partial charge in [-0.3, -0.25) is 0 Å². The van der Waals surface area contributed by atoms with Crippen LogP contribution in [0.3, 0.4) is 0 Å². The second-order valence-corrected chi connectivity index (χ2v) is 3.06. The lowest BCUT2D eigenvalue weighted by Crippen LogP contribution is -1.91. The summed E-state index contributed by atoms with van der Waals surface area (Å²) >= 11 is 0. The van der Waals surface area contributed by atoms with Crippen LogP contribution in [0.1, 0.15) is 18.1 Å². The van der Waals surface area contributed by atoms with E-state index in [0.717, 1.165) is 12.2 Å². The van der Waals surface area contributed by atoms with Crippen LogP contribution in [0.2, 0.25) is 0 Å². The Morgan fingerprint density at radius 3 is 2.79 bits per heavy atom. The zero-order valence-corrected chi connectivity index (χ0v) is 8.79. The van der Waals surface area contributed by atoms with E-state index in [-0.39, 0.29) is 0 Å². The standard InChI is InChI=1S/C13H16O/c1-4-6-11-8-9-13(14-3)12(10-11)7-5-2/h4-6,8-10H,2,7H2,1,3H3. The Labute approximate surface area is 85.7 Å². The van der Waals surface area contributed by atoms with E-state index in [0.29, 0.717) is 0 Å². The lowest BCUT2D eigenvalue weighted by atomic mass is 10.1.